The van der Waals surface area contributed by atoms with Gasteiger partial charge in [-0.05, 0) is 50.3 Å². The largest absolute Gasteiger partial charge is 0.496 e. The van der Waals surface area contributed by atoms with Crippen LogP contribution in [0.4, 0.5) is 0 Å². The molecule has 0 unspecified atom stereocenters. The standard InChI is InChI=1S/C13H20N2O/c1-11-9-12(5-6-13(11)16-4)10-14-7-8-15(2)3/h5-6,9-10H,7-8H2,1-4H3. The molecule has 3 heteroatoms. The molecule has 0 radical (unpaired) electrons. The van der Waals surface area contributed by atoms with Crippen LogP contribution in [0.1, 0.15) is 11.1 Å². The predicted octanol–water partition coefficient (Wildman–Crippen LogP) is 1.98. The molecule has 0 aliphatic rings. The summed E-state index contributed by atoms with van der Waals surface area (Å²) in [6, 6.07) is 6.08. The summed E-state index contributed by atoms with van der Waals surface area (Å²) in [5, 5.41) is 0. The monoisotopic (exact) mass is 220 g/mol. The van der Waals surface area contributed by atoms with Gasteiger partial charge in [-0.1, -0.05) is 0 Å². The molecule has 3 nitrogen and oxygen atoms in total. The maximum absolute atomic E-state index is 5.21. The molecule has 1 aromatic carbocycles. The molecule has 1 aromatic rings. The van der Waals surface area contributed by atoms with E-state index in [4.69, 9.17) is 4.74 Å². The SMILES string of the molecule is COc1ccc(C=NCCN(C)C)cc1C. The van der Waals surface area contributed by atoms with Crippen molar-refractivity contribution in [3.8, 4) is 5.75 Å². The first-order valence-corrected chi connectivity index (χ1v) is 5.42. The van der Waals surface area contributed by atoms with Crippen molar-refractivity contribution in [1.82, 2.24) is 4.90 Å². The predicted molar refractivity (Wildman–Crippen MR) is 68.7 cm³/mol. The number of hydrogen-bond donors (Lipinski definition) is 0. The van der Waals surface area contributed by atoms with Gasteiger partial charge in [-0.3, -0.25) is 4.99 Å². The number of methoxy groups -OCH3 is 1. The van der Waals surface area contributed by atoms with E-state index in [1.807, 2.05) is 39.4 Å². The van der Waals surface area contributed by atoms with Crippen molar-refractivity contribution in [2.24, 2.45) is 4.99 Å². The summed E-state index contributed by atoms with van der Waals surface area (Å²) in [6.45, 7) is 3.85. The Morgan fingerprint density at radius 1 is 1.38 bits per heavy atom. The van der Waals surface area contributed by atoms with Gasteiger partial charge in [0.25, 0.3) is 0 Å². The highest BCUT2D eigenvalue weighted by Gasteiger charge is 1.97. The van der Waals surface area contributed by atoms with Crippen molar-refractivity contribution in [2.75, 3.05) is 34.3 Å². The molecule has 0 aromatic heterocycles. The van der Waals surface area contributed by atoms with Crippen molar-refractivity contribution in [3.63, 3.8) is 0 Å². The highest BCUT2D eigenvalue weighted by atomic mass is 16.5. The van der Waals surface area contributed by atoms with Crippen molar-refractivity contribution in [3.05, 3.63) is 29.3 Å². The molecule has 0 N–H and O–H groups in total. The first-order valence-electron chi connectivity index (χ1n) is 5.42. The van der Waals surface area contributed by atoms with E-state index in [2.05, 4.69) is 16.0 Å². The van der Waals surface area contributed by atoms with Gasteiger partial charge in [0.2, 0.25) is 0 Å². The first-order chi connectivity index (χ1) is 7.63. The van der Waals surface area contributed by atoms with Gasteiger partial charge in [0.15, 0.2) is 0 Å². The van der Waals surface area contributed by atoms with Crippen LogP contribution in [-0.4, -0.2) is 45.4 Å². The topological polar surface area (TPSA) is 24.8 Å². The van der Waals surface area contributed by atoms with Crippen molar-refractivity contribution >= 4 is 6.21 Å². The molecule has 0 atom stereocenters. The van der Waals surface area contributed by atoms with E-state index in [1.54, 1.807) is 7.11 Å². The number of benzene rings is 1. The molecule has 0 fully saturated rings. The van der Waals surface area contributed by atoms with Crippen LogP contribution in [0.25, 0.3) is 0 Å². The van der Waals surface area contributed by atoms with Crippen LogP contribution in [-0.2, 0) is 0 Å². The number of hydrogen-bond acceptors (Lipinski definition) is 3. The summed E-state index contributed by atoms with van der Waals surface area (Å²) in [6.07, 6.45) is 1.91. The molecule has 0 spiro atoms. The zero-order chi connectivity index (χ0) is 12.0. The van der Waals surface area contributed by atoms with Crippen molar-refractivity contribution in [2.45, 2.75) is 6.92 Å². The maximum Gasteiger partial charge on any atom is 0.121 e. The number of ether oxygens (including phenoxy) is 1. The van der Waals surface area contributed by atoms with Crippen LogP contribution < -0.4 is 4.74 Å². The van der Waals surface area contributed by atoms with E-state index in [0.717, 1.165) is 30.0 Å². The Labute approximate surface area is 97.8 Å². The average molecular weight is 220 g/mol. The van der Waals surface area contributed by atoms with Gasteiger partial charge >= 0.3 is 0 Å². The lowest BCUT2D eigenvalue weighted by molar-refractivity contribution is 0.411. The Hall–Kier alpha value is -1.35. The zero-order valence-corrected chi connectivity index (χ0v) is 10.5. The van der Waals surface area contributed by atoms with Gasteiger partial charge in [-0.2, -0.15) is 0 Å². The number of likely N-dealkylation sites (N-methyl/N-ethyl adjacent to an activating group) is 1. The second-order valence-corrected chi connectivity index (χ2v) is 4.07. The fourth-order valence-electron chi connectivity index (χ4n) is 1.41. The molecular weight excluding hydrogens is 200 g/mol. The summed E-state index contributed by atoms with van der Waals surface area (Å²) >= 11 is 0. The molecule has 0 amide bonds. The third kappa shape index (κ3) is 4.03. The van der Waals surface area contributed by atoms with E-state index in [-0.39, 0.29) is 0 Å². The molecule has 0 aliphatic heterocycles. The minimum absolute atomic E-state index is 0.831. The van der Waals surface area contributed by atoms with Crippen LogP contribution in [0.5, 0.6) is 5.75 Å². The fourth-order valence-corrected chi connectivity index (χ4v) is 1.41. The lowest BCUT2D eigenvalue weighted by Crippen LogP contribution is -2.15. The minimum Gasteiger partial charge on any atom is -0.496 e. The van der Waals surface area contributed by atoms with Gasteiger partial charge < -0.3 is 9.64 Å². The first kappa shape index (κ1) is 12.7. The van der Waals surface area contributed by atoms with Gasteiger partial charge in [0.1, 0.15) is 5.75 Å². The quantitative estimate of drug-likeness (QED) is 0.709. The zero-order valence-electron chi connectivity index (χ0n) is 10.5. The van der Waals surface area contributed by atoms with E-state index in [0.29, 0.717) is 0 Å². The lowest BCUT2D eigenvalue weighted by Gasteiger charge is -2.06. The normalized spacial score (nSPS) is 11.3. The molecular formula is C13H20N2O. The second kappa shape index (κ2) is 6.28. The average Bonchev–Trinajstić information content (AvgIpc) is 2.24. The Bertz CT molecular complexity index is 359. The smallest absolute Gasteiger partial charge is 0.121 e. The van der Waals surface area contributed by atoms with E-state index in [9.17, 15) is 0 Å². The Morgan fingerprint density at radius 2 is 2.12 bits per heavy atom. The van der Waals surface area contributed by atoms with E-state index < -0.39 is 0 Å². The molecule has 0 heterocycles. The highest BCUT2D eigenvalue weighted by Crippen LogP contribution is 2.17. The summed E-state index contributed by atoms with van der Waals surface area (Å²) < 4.78 is 5.21. The number of aliphatic imine (C=N–C) groups is 1. The molecule has 1 rings (SSSR count). The Balaban J connectivity index is 2.57. The molecule has 0 saturated heterocycles. The Morgan fingerprint density at radius 3 is 2.69 bits per heavy atom. The molecule has 0 saturated carbocycles. The van der Waals surface area contributed by atoms with E-state index >= 15 is 0 Å². The molecule has 0 aliphatic carbocycles. The summed E-state index contributed by atoms with van der Waals surface area (Å²) in [5.41, 5.74) is 2.26. The van der Waals surface area contributed by atoms with Gasteiger partial charge in [0, 0.05) is 12.8 Å². The number of aryl methyl sites for hydroxylation is 1. The van der Waals surface area contributed by atoms with Crippen LogP contribution in [0, 0.1) is 6.92 Å². The number of nitrogens with zero attached hydrogens (tertiary/aromatic N) is 2. The number of rotatable bonds is 5. The summed E-state index contributed by atoms with van der Waals surface area (Å²) in [5.74, 6) is 0.922. The molecule has 16 heavy (non-hydrogen) atoms. The van der Waals surface area contributed by atoms with Gasteiger partial charge in [-0.25, -0.2) is 0 Å². The summed E-state index contributed by atoms with van der Waals surface area (Å²) in [4.78, 5) is 6.49. The highest BCUT2D eigenvalue weighted by molar-refractivity contribution is 5.80. The van der Waals surface area contributed by atoms with Gasteiger partial charge in [0.05, 0.1) is 13.7 Å². The lowest BCUT2D eigenvalue weighted by atomic mass is 10.1. The summed E-state index contributed by atoms with van der Waals surface area (Å²) in [7, 11) is 5.78. The van der Waals surface area contributed by atoms with Crippen LogP contribution in [0.3, 0.4) is 0 Å². The second-order valence-electron chi connectivity index (χ2n) is 4.07. The van der Waals surface area contributed by atoms with Crippen molar-refractivity contribution < 1.29 is 4.74 Å². The van der Waals surface area contributed by atoms with Crippen molar-refractivity contribution in [1.29, 1.82) is 0 Å². The minimum atomic E-state index is 0.831. The molecule has 0 bridgehead atoms. The molecule has 88 valence electrons. The Kier molecular flexibility index (Phi) is 4.99. The van der Waals surface area contributed by atoms with Crippen LogP contribution in [0.2, 0.25) is 0 Å². The fraction of sp³-hybridized carbons (Fsp3) is 0.462. The van der Waals surface area contributed by atoms with Crippen LogP contribution >= 0.6 is 0 Å². The maximum atomic E-state index is 5.21. The van der Waals surface area contributed by atoms with Gasteiger partial charge in [-0.15, -0.1) is 0 Å². The van der Waals surface area contributed by atoms with E-state index in [1.165, 1.54) is 0 Å². The van der Waals surface area contributed by atoms with Crippen LogP contribution in [0.15, 0.2) is 23.2 Å². The third-order valence-electron chi connectivity index (χ3n) is 2.34. The third-order valence-corrected chi connectivity index (χ3v) is 2.34.